The molecule has 0 aromatic heterocycles. The van der Waals surface area contributed by atoms with E-state index in [4.69, 9.17) is 16.3 Å². The van der Waals surface area contributed by atoms with E-state index in [1.165, 1.54) is 19.3 Å². The zero-order valence-corrected chi connectivity index (χ0v) is 12.7. The van der Waals surface area contributed by atoms with Crippen molar-refractivity contribution in [2.75, 3.05) is 13.1 Å². The Morgan fingerprint density at radius 1 is 1.20 bits per heavy atom. The molecule has 1 heterocycles. The van der Waals surface area contributed by atoms with Gasteiger partial charge in [0.15, 0.2) is 6.10 Å². The minimum absolute atomic E-state index is 0.0758. The second-order valence-corrected chi connectivity index (χ2v) is 5.75. The van der Waals surface area contributed by atoms with Gasteiger partial charge in [-0.3, -0.25) is 4.79 Å². The number of ether oxygens (including phenoxy) is 1. The van der Waals surface area contributed by atoms with Gasteiger partial charge in [0.25, 0.3) is 5.91 Å². The lowest BCUT2D eigenvalue weighted by atomic mass is 10.1. The number of carbonyl (C=O) groups excluding carboxylic acids is 1. The van der Waals surface area contributed by atoms with Gasteiger partial charge >= 0.3 is 0 Å². The van der Waals surface area contributed by atoms with Crippen molar-refractivity contribution in [2.45, 2.75) is 45.1 Å². The quantitative estimate of drug-likeness (QED) is 0.846. The van der Waals surface area contributed by atoms with Gasteiger partial charge in [0.1, 0.15) is 5.75 Å². The third-order valence-corrected chi connectivity index (χ3v) is 3.86. The predicted octanol–water partition coefficient (Wildman–Crippen LogP) is 3.90. The highest BCUT2D eigenvalue weighted by Gasteiger charge is 2.22. The number of rotatable bonds is 3. The number of benzene rings is 1. The third-order valence-electron chi connectivity index (χ3n) is 3.62. The molecule has 2 rings (SSSR count). The van der Waals surface area contributed by atoms with E-state index < -0.39 is 6.10 Å². The van der Waals surface area contributed by atoms with Gasteiger partial charge in [-0.1, -0.05) is 36.9 Å². The molecule has 110 valence electrons. The molecule has 1 atom stereocenters. The van der Waals surface area contributed by atoms with Crippen molar-refractivity contribution in [3.8, 4) is 5.75 Å². The number of likely N-dealkylation sites (tertiary alicyclic amines) is 1. The van der Waals surface area contributed by atoms with Crippen LogP contribution in [0.15, 0.2) is 24.3 Å². The van der Waals surface area contributed by atoms with E-state index in [1.54, 1.807) is 12.1 Å². The van der Waals surface area contributed by atoms with E-state index in [0.29, 0.717) is 10.8 Å². The Bertz CT molecular complexity index is 442. The molecule has 1 fully saturated rings. The Morgan fingerprint density at radius 3 is 2.50 bits per heavy atom. The Morgan fingerprint density at radius 2 is 1.85 bits per heavy atom. The van der Waals surface area contributed by atoms with Gasteiger partial charge in [0.2, 0.25) is 0 Å². The molecule has 0 saturated carbocycles. The number of nitrogens with zero attached hydrogens (tertiary/aromatic N) is 1. The zero-order valence-electron chi connectivity index (χ0n) is 12.0. The summed E-state index contributed by atoms with van der Waals surface area (Å²) in [5.41, 5.74) is 0. The van der Waals surface area contributed by atoms with Crippen LogP contribution < -0.4 is 4.74 Å². The summed E-state index contributed by atoms with van der Waals surface area (Å²) in [4.78, 5) is 14.4. The molecule has 1 aliphatic rings. The summed E-state index contributed by atoms with van der Waals surface area (Å²) in [6, 6.07) is 7.17. The molecule has 1 aromatic carbocycles. The fourth-order valence-electron chi connectivity index (χ4n) is 2.52. The fraction of sp³-hybridized carbons (Fsp3) is 0.562. The number of amides is 1. The summed E-state index contributed by atoms with van der Waals surface area (Å²) >= 11 is 5.92. The monoisotopic (exact) mass is 295 g/mol. The summed E-state index contributed by atoms with van der Waals surface area (Å²) in [6.07, 6.45) is 5.44. The molecule has 0 spiro atoms. The largest absolute Gasteiger partial charge is 0.481 e. The van der Waals surface area contributed by atoms with Crippen LogP contribution in [0.25, 0.3) is 0 Å². The van der Waals surface area contributed by atoms with Gasteiger partial charge in [0.05, 0.1) is 0 Å². The minimum atomic E-state index is -0.465. The zero-order chi connectivity index (χ0) is 14.4. The van der Waals surface area contributed by atoms with Crippen LogP contribution in [0.3, 0.4) is 0 Å². The minimum Gasteiger partial charge on any atom is -0.481 e. The van der Waals surface area contributed by atoms with E-state index >= 15 is 0 Å². The first-order valence-corrected chi connectivity index (χ1v) is 7.75. The van der Waals surface area contributed by atoms with Crippen LogP contribution in [-0.2, 0) is 4.79 Å². The van der Waals surface area contributed by atoms with Crippen LogP contribution >= 0.6 is 11.6 Å². The highest BCUT2D eigenvalue weighted by Crippen LogP contribution is 2.19. The number of hydrogen-bond acceptors (Lipinski definition) is 2. The van der Waals surface area contributed by atoms with Gasteiger partial charge < -0.3 is 9.64 Å². The highest BCUT2D eigenvalue weighted by molar-refractivity contribution is 6.30. The Hall–Kier alpha value is -1.22. The van der Waals surface area contributed by atoms with Crippen LogP contribution in [0.2, 0.25) is 5.02 Å². The molecule has 0 radical (unpaired) electrons. The molecule has 0 aliphatic carbocycles. The van der Waals surface area contributed by atoms with Gasteiger partial charge in [-0.05, 0) is 38.0 Å². The lowest BCUT2D eigenvalue weighted by Crippen LogP contribution is -2.42. The maximum absolute atomic E-state index is 12.4. The first-order valence-electron chi connectivity index (χ1n) is 7.38. The van der Waals surface area contributed by atoms with Crippen LogP contribution in [0.1, 0.15) is 39.0 Å². The fourth-order valence-corrected chi connectivity index (χ4v) is 2.70. The molecule has 4 heteroatoms. The van der Waals surface area contributed by atoms with Crippen molar-refractivity contribution in [3.63, 3.8) is 0 Å². The topological polar surface area (TPSA) is 29.5 Å². The maximum atomic E-state index is 12.4. The van der Waals surface area contributed by atoms with Crippen LogP contribution in [-0.4, -0.2) is 30.0 Å². The maximum Gasteiger partial charge on any atom is 0.263 e. The summed E-state index contributed by atoms with van der Waals surface area (Å²) in [5, 5.41) is 0.619. The second-order valence-electron chi connectivity index (χ2n) is 5.31. The van der Waals surface area contributed by atoms with Crippen molar-refractivity contribution in [1.82, 2.24) is 4.90 Å². The number of halogens is 1. The molecule has 0 bridgehead atoms. The van der Waals surface area contributed by atoms with Crippen LogP contribution in [0, 0.1) is 0 Å². The van der Waals surface area contributed by atoms with Gasteiger partial charge in [-0.25, -0.2) is 0 Å². The standard InChI is InChI=1S/C16H22ClNO2/c1-13(20-15-9-7-8-14(17)12-15)16(19)18-10-5-3-2-4-6-11-18/h7-9,12-13H,2-6,10-11H2,1H3. The Labute approximate surface area is 125 Å². The van der Waals surface area contributed by atoms with Gasteiger partial charge in [-0.15, -0.1) is 0 Å². The highest BCUT2D eigenvalue weighted by atomic mass is 35.5. The predicted molar refractivity (Wildman–Crippen MR) is 81.2 cm³/mol. The van der Waals surface area contributed by atoms with Crippen molar-refractivity contribution >= 4 is 17.5 Å². The van der Waals surface area contributed by atoms with Gasteiger partial charge in [0, 0.05) is 18.1 Å². The van der Waals surface area contributed by atoms with Crippen LogP contribution in [0.5, 0.6) is 5.75 Å². The smallest absolute Gasteiger partial charge is 0.263 e. The van der Waals surface area contributed by atoms with E-state index in [9.17, 15) is 4.79 Å². The van der Waals surface area contributed by atoms with Crippen molar-refractivity contribution in [3.05, 3.63) is 29.3 Å². The van der Waals surface area contributed by atoms with E-state index in [1.807, 2.05) is 24.0 Å². The third kappa shape index (κ3) is 4.41. The molecule has 1 unspecified atom stereocenters. The van der Waals surface area contributed by atoms with Crippen molar-refractivity contribution in [2.24, 2.45) is 0 Å². The molecule has 1 aliphatic heterocycles. The van der Waals surface area contributed by atoms with Crippen molar-refractivity contribution < 1.29 is 9.53 Å². The Balaban J connectivity index is 1.93. The second kappa shape index (κ2) is 7.53. The first kappa shape index (κ1) is 15.2. The van der Waals surface area contributed by atoms with Crippen LogP contribution in [0.4, 0.5) is 0 Å². The van der Waals surface area contributed by atoms with E-state index in [2.05, 4.69) is 0 Å². The molecule has 1 aromatic rings. The lowest BCUT2D eigenvalue weighted by molar-refractivity contribution is -0.138. The molecular formula is C16H22ClNO2. The molecule has 3 nitrogen and oxygen atoms in total. The summed E-state index contributed by atoms with van der Waals surface area (Å²) < 4.78 is 5.71. The Kier molecular flexibility index (Phi) is 5.72. The SMILES string of the molecule is CC(Oc1cccc(Cl)c1)C(=O)N1CCCCCCC1. The summed E-state index contributed by atoms with van der Waals surface area (Å²) in [5.74, 6) is 0.720. The molecular weight excluding hydrogens is 274 g/mol. The number of carbonyl (C=O) groups is 1. The molecule has 1 amide bonds. The summed E-state index contributed by atoms with van der Waals surface area (Å²) in [7, 11) is 0. The average Bonchev–Trinajstić information content (AvgIpc) is 2.37. The summed E-state index contributed by atoms with van der Waals surface area (Å²) in [6.45, 7) is 3.51. The lowest BCUT2D eigenvalue weighted by Gasteiger charge is -2.27. The first-order chi connectivity index (χ1) is 9.66. The molecule has 0 N–H and O–H groups in total. The van der Waals surface area contributed by atoms with E-state index in [0.717, 1.165) is 25.9 Å². The number of hydrogen-bond donors (Lipinski definition) is 0. The normalized spacial score (nSPS) is 18.0. The average molecular weight is 296 g/mol. The molecule has 20 heavy (non-hydrogen) atoms. The van der Waals surface area contributed by atoms with Gasteiger partial charge in [-0.2, -0.15) is 0 Å². The van der Waals surface area contributed by atoms with E-state index in [-0.39, 0.29) is 5.91 Å². The van der Waals surface area contributed by atoms with Crippen molar-refractivity contribution in [1.29, 1.82) is 0 Å². The molecule has 1 saturated heterocycles.